The predicted molar refractivity (Wildman–Crippen MR) is 115 cm³/mol. The summed E-state index contributed by atoms with van der Waals surface area (Å²) in [6, 6.07) is 3.44. The summed E-state index contributed by atoms with van der Waals surface area (Å²) in [6.07, 6.45) is 4.70. The summed E-state index contributed by atoms with van der Waals surface area (Å²) in [6.45, 7) is 0.632. The number of nitrogens with zero attached hydrogens (tertiary/aromatic N) is 4. The number of thiazole rings is 1. The molecular formula is C17H20N8O2S2. The summed E-state index contributed by atoms with van der Waals surface area (Å²) in [5.41, 5.74) is 12.6. The number of nitrogens with one attached hydrogen (secondary N) is 2. The monoisotopic (exact) mass is 432 g/mol. The van der Waals surface area contributed by atoms with Crippen molar-refractivity contribution < 1.29 is 4.73 Å². The molecular weight excluding hydrogens is 412 g/mol. The van der Waals surface area contributed by atoms with Gasteiger partial charge < -0.3 is 22.0 Å². The first-order chi connectivity index (χ1) is 14.0. The van der Waals surface area contributed by atoms with E-state index in [9.17, 15) is 10.0 Å². The number of aliphatic imine (C=N–C) groups is 1. The van der Waals surface area contributed by atoms with Crippen molar-refractivity contribution >= 4 is 40.1 Å². The second-order valence-electron chi connectivity index (χ2n) is 5.97. The van der Waals surface area contributed by atoms with Crippen LogP contribution >= 0.6 is 23.1 Å². The van der Waals surface area contributed by atoms with Gasteiger partial charge in [-0.25, -0.2) is 9.97 Å². The van der Waals surface area contributed by atoms with Gasteiger partial charge in [0.2, 0.25) is 11.1 Å². The van der Waals surface area contributed by atoms with Crippen molar-refractivity contribution in [2.24, 2.45) is 16.5 Å². The minimum Gasteiger partial charge on any atom is -0.619 e. The van der Waals surface area contributed by atoms with E-state index in [0.29, 0.717) is 34.3 Å². The zero-order chi connectivity index (χ0) is 20.6. The van der Waals surface area contributed by atoms with Crippen molar-refractivity contribution in [3.63, 3.8) is 0 Å². The minimum atomic E-state index is -0.230. The molecule has 0 aliphatic carbocycles. The number of pyridine rings is 1. The highest BCUT2D eigenvalue weighted by Crippen LogP contribution is 2.21. The van der Waals surface area contributed by atoms with Crippen molar-refractivity contribution in [1.82, 2.24) is 15.0 Å². The Morgan fingerprint density at radius 2 is 2.31 bits per heavy atom. The topological polar surface area (TPSA) is 162 Å². The molecule has 0 aromatic carbocycles. The van der Waals surface area contributed by atoms with Crippen LogP contribution in [0.2, 0.25) is 0 Å². The molecule has 0 saturated carbocycles. The number of aromatic amines is 1. The normalized spacial score (nSPS) is 10.6. The third-order valence-corrected chi connectivity index (χ3v) is 5.43. The molecule has 0 fully saturated rings. The lowest BCUT2D eigenvalue weighted by Crippen LogP contribution is -2.25. The van der Waals surface area contributed by atoms with Gasteiger partial charge in [-0.05, 0) is 6.07 Å². The van der Waals surface area contributed by atoms with Crippen molar-refractivity contribution in [3.05, 3.63) is 68.5 Å². The fourth-order valence-electron chi connectivity index (χ4n) is 2.41. The molecule has 0 atom stereocenters. The Hall–Kier alpha value is -3.12. The van der Waals surface area contributed by atoms with Crippen LogP contribution in [0.3, 0.4) is 0 Å². The maximum Gasteiger partial charge on any atom is 0.255 e. The Labute approximate surface area is 174 Å². The molecule has 3 heterocycles. The number of thioether (sulfide) groups is 1. The third-order valence-electron chi connectivity index (χ3n) is 3.66. The van der Waals surface area contributed by atoms with Crippen molar-refractivity contribution in [1.29, 1.82) is 0 Å². The standard InChI is InChI=1S/C17H20N8O2S2/c18-15(19)24-17-22-13(10-29-17)9-28-5-3-20-16-21-7-12(14(26)23-16)6-11-2-1-4-25(27)8-11/h1-2,4,7-8,10H,3,5-6,9H2,(H4,18,19,22,24)(H2,20,21,23,26). The Kier molecular flexibility index (Phi) is 7.03. The van der Waals surface area contributed by atoms with E-state index in [0.717, 1.165) is 22.8 Å². The number of rotatable bonds is 9. The molecule has 0 aliphatic heterocycles. The molecule has 0 radical (unpaired) electrons. The number of hydrogen-bond donors (Lipinski definition) is 4. The van der Waals surface area contributed by atoms with E-state index in [1.54, 1.807) is 23.9 Å². The molecule has 0 spiro atoms. The van der Waals surface area contributed by atoms with Crippen molar-refractivity contribution in [2.45, 2.75) is 12.2 Å². The molecule has 0 bridgehead atoms. The molecule has 6 N–H and O–H groups in total. The molecule has 29 heavy (non-hydrogen) atoms. The zero-order valence-electron chi connectivity index (χ0n) is 15.4. The van der Waals surface area contributed by atoms with Gasteiger partial charge in [0.05, 0.1) is 5.69 Å². The van der Waals surface area contributed by atoms with E-state index in [2.05, 4.69) is 25.3 Å². The average molecular weight is 433 g/mol. The molecule has 0 aliphatic rings. The molecule has 10 nitrogen and oxygen atoms in total. The first-order valence-corrected chi connectivity index (χ1v) is 10.6. The number of aromatic nitrogens is 4. The largest absolute Gasteiger partial charge is 0.619 e. The lowest BCUT2D eigenvalue weighted by molar-refractivity contribution is -0.605. The Balaban J connectivity index is 1.44. The number of anilines is 1. The van der Waals surface area contributed by atoms with Crippen LogP contribution in [0.15, 0.2) is 45.9 Å². The van der Waals surface area contributed by atoms with E-state index >= 15 is 0 Å². The Morgan fingerprint density at radius 3 is 3.07 bits per heavy atom. The van der Waals surface area contributed by atoms with E-state index in [1.165, 1.54) is 29.9 Å². The fourth-order valence-corrected chi connectivity index (χ4v) is 3.96. The van der Waals surface area contributed by atoms with Gasteiger partial charge in [-0.2, -0.15) is 21.5 Å². The van der Waals surface area contributed by atoms with Gasteiger partial charge in [-0.15, -0.1) is 11.3 Å². The molecule has 0 saturated heterocycles. The van der Waals surface area contributed by atoms with Crippen molar-refractivity contribution in [2.75, 3.05) is 17.6 Å². The predicted octanol–water partition coefficient (Wildman–Crippen LogP) is 0.701. The van der Waals surface area contributed by atoms with Crippen LogP contribution in [-0.2, 0) is 12.2 Å². The second kappa shape index (κ2) is 9.89. The molecule has 3 aromatic heterocycles. The first-order valence-electron chi connectivity index (χ1n) is 8.61. The van der Waals surface area contributed by atoms with Gasteiger partial charge in [0, 0.05) is 53.2 Å². The van der Waals surface area contributed by atoms with E-state index in [-0.39, 0.29) is 11.5 Å². The highest BCUT2D eigenvalue weighted by molar-refractivity contribution is 7.98. The van der Waals surface area contributed by atoms with Gasteiger partial charge in [0.25, 0.3) is 5.56 Å². The molecule has 0 unspecified atom stereocenters. The van der Waals surface area contributed by atoms with Crippen LogP contribution in [0.1, 0.15) is 16.8 Å². The van der Waals surface area contributed by atoms with Crippen LogP contribution in [0, 0.1) is 5.21 Å². The van der Waals surface area contributed by atoms with Crippen LogP contribution in [0.4, 0.5) is 11.1 Å². The lowest BCUT2D eigenvalue weighted by Gasteiger charge is -2.06. The van der Waals surface area contributed by atoms with Crippen LogP contribution in [0.25, 0.3) is 0 Å². The molecule has 3 rings (SSSR count). The van der Waals surface area contributed by atoms with Gasteiger partial charge >= 0.3 is 0 Å². The van der Waals surface area contributed by atoms with E-state index in [1.807, 2.05) is 5.38 Å². The summed E-state index contributed by atoms with van der Waals surface area (Å²) in [4.78, 5) is 27.4. The van der Waals surface area contributed by atoms with Gasteiger partial charge in [-0.1, -0.05) is 0 Å². The van der Waals surface area contributed by atoms with Crippen LogP contribution in [0.5, 0.6) is 0 Å². The zero-order valence-corrected chi connectivity index (χ0v) is 17.0. The summed E-state index contributed by atoms with van der Waals surface area (Å²) in [5, 5.41) is 16.9. The minimum absolute atomic E-state index is 0.00641. The highest BCUT2D eigenvalue weighted by atomic mass is 32.2. The average Bonchev–Trinajstić information content (AvgIpc) is 3.10. The van der Waals surface area contributed by atoms with Gasteiger partial charge in [0.15, 0.2) is 18.4 Å². The third kappa shape index (κ3) is 6.47. The van der Waals surface area contributed by atoms with Gasteiger partial charge in [0.1, 0.15) is 0 Å². The SMILES string of the molecule is NC(N)=Nc1nc(CSCCNc2ncc(Cc3ccc[n+]([O-])c3)c(=O)[nH]2)cs1. The van der Waals surface area contributed by atoms with E-state index in [4.69, 9.17) is 11.5 Å². The molecule has 0 amide bonds. The lowest BCUT2D eigenvalue weighted by atomic mass is 10.1. The second-order valence-corrected chi connectivity index (χ2v) is 7.91. The highest BCUT2D eigenvalue weighted by Gasteiger charge is 2.06. The fraction of sp³-hybridized carbons (Fsp3) is 0.235. The van der Waals surface area contributed by atoms with Crippen LogP contribution in [-0.4, -0.2) is 33.2 Å². The summed E-state index contributed by atoms with van der Waals surface area (Å²) >= 11 is 3.07. The Morgan fingerprint density at radius 1 is 1.45 bits per heavy atom. The maximum absolute atomic E-state index is 12.2. The summed E-state index contributed by atoms with van der Waals surface area (Å²) < 4.78 is 0.706. The Bertz CT molecular complexity index is 1050. The molecule has 152 valence electrons. The summed E-state index contributed by atoms with van der Waals surface area (Å²) in [5.74, 6) is 1.94. The molecule has 12 heteroatoms. The quantitative estimate of drug-likeness (QED) is 0.126. The number of guanidine groups is 1. The van der Waals surface area contributed by atoms with Crippen molar-refractivity contribution in [3.8, 4) is 0 Å². The van der Waals surface area contributed by atoms with Gasteiger partial charge in [-0.3, -0.25) is 9.78 Å². The smallest absolute Gasteiger partial charge is 0.255 e. The number of H-pyrrole nitrogens is 1. The molecule has 3 aromatic rings. The maximum atomic E-state index is 12.2. The number of hydrogen-bond acceptors (Lipinski definition) is 8. The van der Waals surface area contributed by atoms with E-state index < -0.39 is 0 Å². The number of nitrogens with two attached hydrogens (primary N) is 2. The van der Waals surface area contributed by atoms with Crippen LogP contribution < -0.4 is 27.1 Å². The first kappa shape index (κ1) is 20.6. The summed E-state index contributed by atoms with van der Waals surface area (Å²) in [7, 11) is 0.